The molecule has 0 saturated heterocycles. The molecule has 1 aromatic heterocycles. The number of methoxy groups -OCH3 is 2. The van der Waals surface area contributed by atoms with Crippen LogP contribution in [-0.4, -0.2) is 52.2 Å². The summed E-state index contributed by atoms with van der Waals surface area (Å²) in [5, 5.41) is 28.9. The first-order chi connectivity index (χ1) is 21.4. The summed E-state index contributed by atoms with van der Waals surface area (Å²) in [4.78, 5) is 12.6. The number of hydrogen-bond donors (Lipinski definition) is 2. The molecule has 0 bridgehead atoms. The third-order valence-electron chi connectivity index (χ3n) is 7.34. The maximum Gasteiger partial charge on any atom is 0.331 e. The van der Waals surface area contributed by atoms with Crippen molar-refractivity contribution in [2.75, 3.05) is 21.0 Å². The molecule has 2 heterocycles. The molecule has 11 heteroatoms. The zero-order valence-electron chi connectivity index (χ0n) is 24.9. The Bertz CT molecular complexity index is 1660. The predicted molar refractivity (Wildman–Crippen MR) is 162 cm³/mol. The Balaban J connectivity index is 1.57. The molecule has 0 aliphatic carbocycles. The van der Waals surface area contributed by atoms with Gasteiger partial charge < -0.3 is 33.9 Å². The van der Waals surface area contributed by atoms with Crippen LogP contribution in [0.4, 0.5) is 0 Å². The molecule has 44 heavy (non-hydrogen) atoms. The highest BCUT2D eigenvalue weighted by atomic mass is 16.7. The minimum atomic E-state index is -1.11. The minimum Gasteiger partial charge on any atom is -0.497 e. The maximum atomic E-state index is 12.6. The molecule has 230 valence electrons. The lowest BCUT2D eigenvalue weighted by Gasteiger charge is -2.16. The van der Waals surface area contributed by atoms with Gasteiger partial charge in [-0.15, -0.1) is 5.10 Å². The number of aliphatic carboxylic acids is 1. The number of nitrogens with zero attached hydrogens (tertiary/aromatic N) is 3. The van der Waals surface area contributed by atoms with Gasteiger partial charge in [0.2, 0.25) is 6.79 Å². The van der Waals surface area contributed by atoms with E-state index >= 15 is 0 Å². The first-order valence-electron chi connectivity index (χ1n) is 14.3. The second-order valence-electron chi connectivity index (χ2n) is 10.1. The molecule has 1 aliphatic heterocycles. The van der Waals surface area contributed by atoms with Gasteiger partial charge in [-0.2, -0.15) is 0 Å². The SMILES string of the molecule is CCCCn1nnc(/C=C(\Cc2cc3c(cc2OC)OCO3)C(=O)O)c1-c1ccc(OC)cc1OCc1ccccc1CO. The van der Waals surface area contributed by atoms with Crippen LogP contribution in [0.3, 0.4) is 0 Å². The Kier molecular flexibility index (Phi) is 9.65. The van der Waals surface area contributed by atoms with Gasteiger partial charge in [0.25, 0.3) is 0 Å². The molecule has 5 rings (SSSR count). The minimum absolute atomic E-state index is 0.0420. The van der Waals surface area contributed by atoms with E-state index in [1.807, 2.05) is 36.4 Å². The van der Waals surface area contributed by atoms with E-state index in [2.05, 4.69) is 17.2 Å². The zero-order valence-corrected chi connectivity index (χ0v) is 24.9. The van der Waals surface area contributed by atoms with Gasteiger partial charge in [0, 0.05) is 41.8 Å². The zero-order chi connectivity index (χ0) is 31.1. The highest BCUT2D eigenvalue weighted by Crippen LogP contribution is 2.40. The summed E-state index contributed by atoms with van der Waals surface area (Å²) in [5.41, 5.74) is 3.98. The highest BCUT2D eigenvalue weighted by Gasteiger charge is 2.23. The van der Waals surface area contributed by atoms with Gasteiger partial charge in [-0.1, -0.05) is 42.8 Å². The number of benzene rings is 3. The number of rotatable bonds is 14. The van der Waals surface area contributed by atoms with Crippen molar-refractivity contribution in [1.82, 2.24) is 15.0 Å². The third-order valence-corrected chi connectivity index (χ3v) is 7.34. The van der Waals surface area contributed by atoms with Crippen molar-refractivity contribution in [2.45, 2.75) is 45.9 Å². The molecule has 0 unspecified atom stereocenters. The van der Waals surface area contributed by atoms with Gasteiger partial charge in [0.15, 0.2) is 11.5 Å². The van der Waals surface area contributed by atoms with Crippen LogP contribution < -0.4 is 23.7 Å². The number of fused-ring (bicyclic) bond motifs is 1. The number of carbonyl (C=O) groups is 1. The Labute approximate surface area is 255 Å². The van der Waals surface area contributed by atoms with Gasteiger partial charge in [-0.3, -0.25) is 0 Å². The second-order valence-corrected chi connectivity index (χ2v) is 10.1. The Morgan fingerprint density at radius 1 is 1.00 bits per heavy atom. The first-order valence-corrected chi connectivity index (χ1v) is 14.3. The Morgan fingerprint density at radius 2 is 1.77 bits per heavy atom. The van der Waals surface area contributed by atoms with E-state index in [1.54, 1.807) is 30.0 Å². The predicted octanol–water partition coefficient (Wildman–Crippen LogP) is 5.27. The van der Waals surface area contributed by atoms with E-state index in [0.29, 0.717) is 57.8 Å². The Hall–Kier alpha value is -5.03. The molecule has 0 spiro atoms. The molecule has 4 aromatic rings. The fourth-order valence-electron chi connectivity index (χ4n) is 4.97. The summed E-state index contributed by atoms with van der Waals surface area (Å²) in [5.74, 6) is 1.54. The topological polar surface area (TPSA) is 134 Å². The van der Waals surface area contributed by atoms with Gasteiger partial charge >= 0.3 is 5.97 Å². The molecule has 3 aromatic carbocycles. The normalized spacial score (nSPS) is 12.3. The number of ether oxygens (including phenoxy) is 5. The number of aliphatic hydroxyl groups excluding tert-OH is 1. The monoisotopic (exact) mass is 601 g/mol. The van der Waals surface area contributed by atoms with E-state index in [-0.39, 0.29) is 32.0 Å². The van der Waals surface area contributed by atoms with E-state index in [0.717, 1.165) is 24.0 Å². The van der Waals surface area contributed by atoms with E-state index in [9.17, 15) is 15.0 Å². The quantitative estimate of drug-likeness (QED) is 0.184. The average Bonchev–Trinajstić information content (AvgIpc) is 3.68. The van der Waals surface area contributed by atoms with Gasteiger partial charge in [-0.25, -0.2) is 9.48 Å². The number of aryl methyl sites for hydroxylation is 1. The number of hydrogen-bond acceptors (Lipinski definition) is 9. The third kappa shape index (κ3) is 6.63. The van der Waals surface area contributed by atoms with Crippen molar-refractivity contribution in [1.29, 1.82) is 0 Å². The van der Waals surface area contributed by atoms with Crippen molar-refractivity contribution in [3.8, 4) is 40.0 Å². The van der Waals surface area contributed by atoms with Crippen molar-refractivity contribution in [3.63, 3.8) is 0 Å². The summed E-state index contributed by atoms with van der Waals surface area (Å²) in [6, 6.07) is 16.4. The van der Waals surface area contributed by atoms with Crippen molar-refractivity contribution in [2.24, 2.45) is 0 Å². The summed E-state index contributed by atoms with van der Waals surface area (Å²) in [6.45, 7) is 2.83. The standard InChI is InChI=1S/C33H35N3O8/c1-4-5-12-36-32(26-11-10-25(40-2)16-29(26)42-19-22-9-7-6-8-21(22)18-37)27(34-35-36)14-24(33(38)39)13-23-15-30-31(44-20-43-30)17-28(23)41-3/h6-11,14-17,37H,4-5,12-13,18-20H2,1-3H3,(H,38,39)/b24-14+. The number of carboxylic acids is 1. The fourth-order valence-corrected chi connectivity index (χ4v) is 4.97. The van der Waals surface area contributed by atoms with Crippen LogP contribution in [-0.2, 0) is 31.0 Å². The van der Waals surface area contributed by atoms with Crippen LogP contribution >= 0.6 is 0 Å². The largest absolute Gasteiger partial charge is 0.497 e. The van der Waals surface area contributed by atoms with Gasteiger partial charge in [0.05, 0.1) is 26.5 Å². The van der Waals surface area contributed by atoms with Crippen LogP contribution in [0.15, 0.2) is 60.2 Å². The molecule has 0 fully saturated rings. The van der Waals surface area contributed by atoms with Crippen LogP contribution in [0.5, 0.6) is 28.7 Å². The fraction of sp³-hybridized carbons (Fsp3) is 0.303. The molecular formula is C33H35N3O8. The van der Waals surface area contributed by atoms with E-state index in [1.165, 1.54) is 13.2 Å². The van der Waals surface area contributed by atoms with Gasteiger partial charge in [0.1, 0.15) is 29.5 Å². The second kappa shape index (κ2) is 14.0. The van der Waals surface area contributed by atoms with Crippen LogP contribution in [0.2, 0.25) is 0 Å². The van der Waals surface area contributed by atoms with Crippen molar-refractivity contribution in [3.05, 3.63) is 82.6 Å². The molecule has 1 aliphatic rings. The van der Waals surface area contributed by atoms with E-state index < -0.39 is 5.97 Å². The molecule has 11 nitrogen and oxygen atoms in total. The van der Waals surface area contributed by atoms with Crippen molar-refractivity contribution >= 4 is 12.0 Å². The summed E-state index contributed by atoms with van der Waals surface area (Å²) >= 11 is 0. The average molecular weight is 602 g/mol. The maximum absolute atomic E-state index is 12.6. The van der Waals surface area contributed by atoms with Gasteiger partial charge in [-0.05, 0) is 41.8 Å². The Morgan fingerprint density at radius 3 is 2.48 bits per heavy atom. The molecule has 0 radical (unpaired) electrons. The van der Waals surface area contributed by atoms with E-state index in [4.69, 9.17) is 23.7 Å². The lowest BCUT2D eigenvalue weighted by molar-refractivity contribution is -0.132. The van der Waals surface area contributed by atoms with Crippen LogP contribution in [0.1, 0.15) is 42.1 Å². The molecular weight excluding hydrogens is 566 g/mol. The summed E-state index contributed by atoms with van der Waals surface area (Å²) < 4.78 is 30.1. The lowest BCUT2D eigenvalue weighted by Crippen LogP contribution is -2.07. The molecule has 0 amide bonds. The summed E-state index contributed by atoms with van der Waals surface area (Å²) in [7, 11) is 3.09. The molecule has 0 saturated carbocycles. The molecule has 0 atom stereocenters. The summed E-state index contributed by atoms with van der Waals surface area (Å²) in [6.07, 6.45) is 3.35. The molecule has 2 N–H and O–H groups in total. The van der Waals surface area contributed by atoms with Crippen molar-refractivity contribution < 1.29 is 38.7 Å². The number of carboxylic acid groups (broad SMARTS) is 1. The van der Waals surface area contributed by atoms with Crippen LogP contribution in [0.25, 0.3) is 17.3 Å². The first kappa shape index (κ1) is 30.4. The van der Waals surface area contributed by atoms with Crippen LogP contribution in [0, 0.1) is 0 Å². The number of aliphatic hydroxyl groups is 1. The number of aromatic nitrogens is 3. The smallest absolute Gasteiger partial charge is 0.331 e. The number of unbranched alkanes of at least 4 members (excludes halogenated alkanes) is 1. The highest BCUT2D eigenvalue weighted by molar-refractivity contribution is 5.94. The lowest BCUT2D eigenvalue weighted by atomic mass is 10.0.